The molecule has 0 aromatic heterocycles. The first-order valence-corrected chi connectivity index (χ1v) is 6.74. The number of aliphatic hydroxyl groups excluding tert-OH is 1. The van der Waals surface area contributed by atoms with Gasteiger partial charge in [-0.05, 0) is 38.8 Å². The molecule has 4 atom stereocenters. The van der Waals surface area contributed by atoms with E-state index in [1.807, 2.05) is 25.1 Å². The highest BCUT2D eigenvalue weighted by molar-refractivity contribution is 5.40. The number of benzene rings is 1. The maximum atomic E-state index is 10.2. The molecule has 0 radical (unpaired) electrons. The van der Waals surface area contributed by atoms with Gasteiger partial charge in [-0.15, -0.1) is 0 Å². The molecule has 98 valence electrons. The lowest BCUT2D eigenvalue weighted by atomic mass is 9.94. The van der Waals surface area contributed by atoms with E-state index in [1.54, 1.807) is 0 Å². The Morgan fingerprint density at radius 1 is 1.22 bits per heavy atom. The van der Waals surface area contributed by atoms with Crippen LogP contribution in [-0.2, 0) is 4.74 Å². The molecule has 2 aliphatic heterocycles. The van der Waals surface area contributed by atoms with Crippen molar-refractivity contribution < 1.29 is 14.6 Å². The van der Waals surface area contributed by atoms with Crippen molar-refractivity contribution in [1.29, 1.82) is 0 Å². The minimum Gasteiger partial charge on any atom is -0.487 e. The lowest BCUT2D eigenvalue weighted by Crippen LogP contribution is -2.36. The molecule has 1 saturated heterocycles. The second kappa shape index (κ2) is 4.56. The Hall–Kier alpha value is -1.06. The molecule has 1 N–H and O–H groups in total. The Morgan fingerprint density at radius 2 is 2.06 bits per heavy atom. The molecular formula is C15H20O3. The van der Waals surface area contributed by atoms with E-state index in [0.29, 0.717) is 12.5 Å². The molecule has 0 saturated carbocycles. The SMILES string of the molecule is Cc1ccc2c(c1)[C@@H](O)CC(C1CCC(C)O1)O2. The zero-order valence-corrected chi connectivity index (χ0v) is 10.9. The summed E-state index contributed by atoms with van der Waals surface area (Å²) in [6.07, 6.45) is 2.74. The predicted octanol–water partition coefficient (Wildman–Crippen LogP) is 2.75. The summed E-state index contributed by atoms with van der Waals surface area (Å²) in [7, 11) is 0. The first-order valence-electron chi connectivity index (χ1n) is 6.74. The first kappa shape index (κ1) is 12.0. The molecule has 0 aliphatic carbocycles. The van der Waals surface area contributed by atoms with Gasteiger partial charge < -0.3 is 14.6 Å². The van der Waals surface area contributed by atoms with Crippen molar-refractivity contribution in [2.75, 3.05) is 0 Å². The molecule has 1 fully saturated rings. The topological polar surface area (TPSA) is 38.7 Å². The highest BCUT2D eigenvalue weighted by Gasteiger charge is 2.36. The summed E-state index contributed by atoms with van der Waals surface area (Å²) >= 11 is 0. The lowest BCUT2D eigenvalue weighted by Gasteiger charge is -2.33. The minimum absolute atomic E-state index is 0.0137. The van der Waals surface area contributed by atoms with Crippen molar-refractivity contribution >= 4 is 0 Å². The van der Waals surface area contributed by atoms with Crippen LogP contribution in [0.15, 0.2) is 18.2 Å². The molecule has 3 rings (SSSR count). The van der Waals surface area contributed by atoms with E-state index < -0.39 is 6.10 Å². The Balaban J connectivity index is 1.81. The summed E-state index contributed by atoms with van der Waals surface area (Å²) in [6.45, 7) is 4.12. The summed E-state index contributed by atoms with van der Waals surface area (Å²) < 4.78 is 11.9. The molecule has 1 aromatic carbocycles. The Bertz CT molecular complexity index is 443. The third-order valence-corrected chi connectivity index (χ3v) is 3.94. The van der Waals surface area contributed by atoms with Crippen LogP contribution in [0.2, 0.25) is 0 Å². The summed E-state index contributed by atoms with van der Waals surface area (Å²) in [5, 5.41) is 10.2. The fourth-order valence-electron chi connectivity index (χ4n) is 2.93. The van der Waals surface area contributed by atoms with Gasteiger partial charge in [-0.2, -0.15) is 0 Å². The van der Waals surface area contributed by atoms with E-state index in [0.717, 1.165) is 29.7 Å². The zero-order chi connectivity index (χ0) is 12.7. The molecule has 2 aliphatic rings. The number of ether oxygens (including phenoxy) is 2. The second-order valence-corrected chi connectivity index (χ2v) is 5.51. The van der Waals surface area contributed by atoms with Crippen molar-refractivity contribution in [3.05, 3.63) is 29.3 Å². The fraction of sp³-hybridized carbons (Fsp3) is 0.600. The molecule has 2 heterocycles. The monoisotopic (exact) mass is 248 g/mol. The molecule has 3 heteroatoms. The summed E-state index contributed by atoms with van der Waals surface area (Å²) in [5.74, 6) is 0.813. The maximum absolute atomic E-state index is 10.2. The highest BCUT2D eigenvalue weighted by atomic mass is 16.6. The molecule has 3 nitrogen and oxygen atoms in total. The number of hydrogen-bond donors (Lipinski definition) is 1. The summed E-state index contributed by atoms with van der Waals surface area (Å²) in [6, 6.07) is 5.98. The minimum atomic E-state index is -0.432. The van der Waals surface area contributed by atoms with Gasteiger partial charge >= 0.3 is 0 Å². The van der Waals surface area contributed by atoms with Crippen LogP contribution in [0, 0.1) is 6.92 Å². The van der Waals surface area contributed by atoms with Gasteiger partial charge in [0.1, 0.15) is 11.9 Å². The van der Waals surface area contributed by atoms with Crippen LogP contribution < -0.4 is 4.74 Å². The van der Waals surface area contributed by atoms with Gasteiger partial charge in [0.05, 0.1) is 18.3 Å². The largest absolute Gasteiger partial charge is 0.487 e. The van der Waals surface area contributed by atoms with E-state index in [2.05, 4.69) is 6.92 Å². The van der Waals surface area contributed by atoms with Gasteiger partial charge in [-0.1, -0.05) is 11.6 Å². The van der Waals surface area contributed by atoms with Crippen LogP contribution >= 0.6 is 0 Å². The molecule has 0 bridgehead atoms. The van der Waals surface area contributed by atoms with Crippen LogP contribution in [0.25, 0.3) is 0 Å². The second-order valence-electron chi connectivity index (χ2n) is 5.51. The van der Waals surface area contributed by atoms with Crippen molar-refractivity contribution in [2.45, 2.75) is 57.5 Å². The van der Waals surface area contributed by atoms with Gasteiger partial charge in [-0.25, -0.2) is 0 Å². The van der Waals surface area contributed by atoms with Crippen LogP contribution in [-0.4, -0.2) is 23.4 Å². The van der Waals surface area contributed by atoms with Gasteiger partial charge in [0.2, 0.25) is 0 Å². The van der Waals surface area contributed by atoms with E-state index in [9.17, 15) is 5.11 Å². The Labute approximate surface area is 108 Å². The predicted molar refractivity (Wildman–Crippen MR) is 68.7 cm³/mol. The Kier molecular flexibility index (Phi) is 3.04. The van der Waals surface area contributed by atoms with Gasteiger partial charge in [0, 0.05) is 12.0 Å². The Morgan fingerprint density at radius 3 is 2.78 bits per heavy atom. The van der Waals surface area contributed by atoms with E-state index >= 15 is 0 Å². The van der Waals surface area contributed by atoms with Crippen LogP contribution in [0.5, 0.6) is 5.75 Å². The molecule has 0 amide bonds. The number of aliphatic hydroxyl groups is 1. The van der Waals surface area contributed by atoms with Crippen molar-refractivity contribution in [1.82, 2.24) is 0 Å². The van der Waals surface area contributed by atoms with Gasteiger partial charge in [0.15, 0.2) is 0 Å². The number of aryl methyl sites for hydroxylation is 1. The summed E-state index contributed by atoms with van der Waals surface area (Å²) in [4.78, 5) is 0. The van der Waals surface area contributed by atoms with Crippen molar-refractivity contribution in [3.63, 3.8) is 0 Å². The first-order chi connectivity index (χ1) is 8.63. The molecular weight excluding hydrogens is 228 g/mol. The molecule has 0 spiro atoms. The number of hydrogen-bond acceptors (Lipinski definition) is 3. The van der Waals surface area contributed by atoms with Crippen LogP contribution in [0.3, 0.4) is 0 Å². The molecule has 18 heavy (non-hydrogen) atoms. The third kappa shape index (κ3) is 2.13. The quantitative estimate of drug-likeness (QED) is 0.830. The third-order valence-electron chi connectivity index (χ3n) is 3.94. The summed E-state index contributed by atoms with van der Waals surface area (Å²) in [5.41, 5.74) is 2.07. The van der Waals surface area contributed by atoms with Crippen molar-refractivity contribution in [2.24, 2.45) is 0 Å². The highest BCUT2D eigenvalue weighted by Crippen LogP contribution is 2.38. The normalized spacial score (nSPS) is 35.1. The average Bonchev–Trinajstić information content (AvgIpc) is 2.77. The lowest BCUT2D eigenvalue weighted by molar-refractivity contribution is -0.0465. The fourth-order valence-corrected chi connectivity index (χ4v) is 2.93. The average molecular weight is 248 g/mol. The van der Waals surface area contributed by atoms with E-state index in [4.69, 9.17) is 9.47 Å². The van der Waals surface area contributed by atoms with Crippen molar-refractivity contribution in [3.8, 4) is 5.75 Å². The van der Waals surface area contributed by atoms with Gasteiger partial charge in [-0.3, -0.25) is 0 Å². The van der Waals surface area contributed by atoms with Crippen LogP contribution in [0.1, 0.15) is 43.4 Å². The zero-order valence-electron chi connectivity index (χ0n) is 10.9. The smallest absolute Gasteiger partial charge is 0.128 e. The van der Waals surface area contributed by atoms with Crippen LogP contribution in [0.4, 0.5) is 0 Å². The number of fused-ring (bicyclic) bond motifs is 1. The molecule has 1 aromatic rings. The van der Waals surface area contributed by atoms with E-state index in [-0.39, 0.29) is 12.2 Å². The standard InChI is InChI=1S/C15H20O3/c1-9-3-5-13-11(7-9)12(16)8-15(18-13)14-6-4-10(2)17-14/h3,5,7,10,12,14-16H,4,6,8H2,1-2H3/t10?,12-,14?,15?/m0/s1. The van der Waals surface area contributed by atoms with E-state index in [1.165, 1.54) is 0 Å². The maximum Gasteiger partial charge on any atom is 0.128 e. The van der Waals surface area contributed by atoms with Gasteiger partial charge in [0.25, 0.3) is 0 Å². The number of rotatable bonds is 1. The molecule has 3 unspecified atom stereocenters.